The fourth-order valence-corrected chi connectivity index (χ4v) is 2.06. The van der Waals surface area contributed by atoms with Crippen molar-refractivity contribution in [3.63, 3.8) is 0 Å². The van der Waals surface area contributed by atoms with Gasteiger partial charge in [-0.3, -0.25) is 9.59 Å². The van der Waals surface area contributed by atoms with E-state index >= 15 is 0 Å². The zero-order chi connectivity index (χ0) is 16.8. The molecular formula is C16H24ClN3O2. The average Bonchev–Trinajstić information content (AvgIpc) is 2.39. The van der Waals surface area contributed by atoms with Gasteiger partial charge in [0, 0.05) is 25.2 Å². The van der Waals surface area contributed by atoms with Crippen LogP contribution in [-0.2, 0) is 4.79 Å². The van der Waals surface area contributed by atoms with Gasteiger partial charge in [0.05, 0.1) is 10.6 Å². The molecule has 2 amide bonds. The standard InChI is InChI=1S/C16H24ClN3O2/c1-16(2,3)10-14(21)20-11-5-6-13(17)12(9-11)15(22)19-8-7-18-4/h5-6,9,18H,7-8,10H2,1-4H3,(H,19,22)(H,20,21). The third-order valence-corrected chi connectivity index (χ3v) is 3.18. The van der Waals surface area contributed by atoms with E-state index in [2.05, 4.69) is 16.0 Å². The molecule has 22 heavy (non-hydrogen) atoms. The van der Waals surface area contributed by atoms with Gasteiger partial charge in [-0.05, 0) is 30.7 Å². The summed E-state index contributed by atoms with van der Waals surface area (Å²) in [5, 5.41) is 8.86. The lowest BCUT2D eigenvalue weighted by molar-refractivity contribution is -0.117. The van der Waals surface area contributed by atoms with E-state index in [4.69, 9.17) is 11.6 Å². The first-order chi connectivity index (χ1) is 10.2. The Bertz CT molecular complexity index is 539. The van der Waals surface area contributed by atoms with Crippen molar-refractivity contribution >= 4 is 29.1 Å². The molecule has 0 saturated carbocycles. The van der Waals surface area contributed by atoms with E-state index in [1.807, 2.05) is 27.8 Å². The molecule has 0 unspecified atom stereocenters. The molecule has 0 saturated heterocycles. The van der Waals surface area contributed by atoms with Crippen LogP contribution in [0.25, 0.3) is 0 Å². The highest BCUT2D eigenvalue weighted by Crippen LogP contribution is 2.23. The molecule has 0 heterocycles. The Morgan fingerprint density at radius 1 is 1.18 bits per heavy atom. The molecule has 3 N–H and O–H groups in total. The molecule has 0 fully saturated rings. The molecule has 122 valence electrons. The number of benzene rings is 1. The maximum Gasteiger partial charge on any atom is 0.252 e. The second-order valence-electron chi connectivity index (χ2n) is 6.34. The summed E-state index contributed by atoms with van der Waals surface area (Å²) in [4.78, 5) is 24.0. The van der Waals surface area contributed by atoms with Crippen LogP contribution in [0.15, 0.2) is 18.2 Å². The molecule has 0 radical (unpaired) electrons. The molecule has 0 bridgehead atoms. The lowest BCUT2D eigenvalue weighted by atomic mass is 9.92. The third-order valence-electron chi connectivity index (χ3n) is 2.85. The van der Waals surface area contributed by atoms with Crippen LogP contribution in [0.2, 0.25) is 5.02 Å². The summed E-state index contributed by atoms with van der Waals surface area (Å²) in [5.74, 6) is -0.344. The first-order valence-corrected chi connectivity index (χ1v) is 7.63. The van der Waals surface area contributed by atoms with E-state index in [-0.39, 0.29) is 17.2 Å². The summed E-state index contributed by atoms with van der Waals surface area (Å²) < 4.78 is 0. The Kier molecular flexibility index (Phi) is 6.84. The van der Waals surface area contributed by atoms with Crippen LogP contribution in [0.1, 0.15) is 37.6 Å². The Labute approximate surface area is 136 Å². The van der Waals surface area contributed by atoms with E-state index in [0.717, 1.165) is 0 Å². The van der Waals surface area contributed by atoms with Crippen LogP contribution >= 0.6 is 11.6 Å². The number of carbonyl (C=O) groups excluding carboxylic acids is 2. The maximum absolute atomic E-state index is 12.1. The molecule has 0 aliphatic heterocycles. The van der Waals surface area contributed by atoms with Crippen LogP contribution < -0.4 is 16.0 Å². The monoisotopic (exact) mass is 325 g/mol. The number of rotatable bonds is 6. The Morgan fingerprint density at radius 2 is 1.86 bits per heavy atom. The zero-order valence-electron chi connectivity index (χ0n) is 13.5. The highest BCUT2D eigenvalue weighted by molar-refractivity contribution is 6.34. The van der Waals surface area contributed by atoms with E-state index in [1.165, 1.54) is 0 Å². The van der Waals surface area contributed by atoms with Crippen molar-refractivity contribution in [1.82, 2.24) is 10.6 Å². The Morgan fingerprint density at radius 3 is 2.45 bits per heavy atom. The van der Waals surface area contributed by atoms with Crippen molar-refractivity contribution in [2.75, 3.05) is 25.5 Å². The first kappa shape index (κ1) is 18.5. The molecule has 1 rings (SSSR count). The van der Waals surface area contributed by atoms with Gasteiger partial charge < -0.3 is 16.0 Å². The quantitative estimate of drug-likeness (QED) is 0.704. The van der Waals surface area contributed by atoms with Gasteiger partial charge in [0.25, 0.3) is 5.91 Å². The summed E-state index contributed by atoms with van der Waals surface area (Å²) in [6.07, 6.45) is 0.402. The summed E-state index contributed by atoms with van der Waals surface area (Å²) in [5.41, 5.74) is 0.827. The fraction of sp³-hybridized carbons (Fsp3) is 0.500. The highest BCUT2D eigenvalue weighted by Gasteiger charge is 2.17. The van der Waals surface area contributed by atoms with E-state index in [1.54, 1.807) is 18.2 Å². The lowest BCUT2D eigenvalue weighted by Gasteiger charge is -2.17. The van der Waals surface area contributed by atoms with Gasteiger partial charge in [0.15, 0.2) is 0 Å². The number of likely N-dealkylation sites (N-methyl/N-ethyl adjacent to an activating group) is 1. The Hall–Kier alpha value is -1.59. The van der Waals surface area contributed by atoms with Crippen LogP contribution in [0, 0.1) is 5.41 Å². The van der Waals surface area contributed by atoms with Crippen molar-refractivity contribution in [3.8, 4) is 0 Å². The summed E-state index contributed by atoms with van der Waals surface area (Å²) in [6, 6.07) is 4.89. The average molecular weight is 326 g/mol. The topological polar surface area (TPSA) is 70.2 Å². The second kappa shape index (κ2) is 8.15. The molecule has 1 aromatic carbocycles. The second-order valence-corrected chi connectivity index (χ2v) is 6.75. The van der Waals surface area contributed by atoms with Gasteiger partial charge in [-0.25, -0.2) is 0 Å². The molecule has 0 atom stereocenters. The highest BCUT2D eigenvalue weighted by atomic mass is 35.5. The molecule has 6 heteroatoms. The molecule has 0 aliphatic carbocycles. The normalized spacial score (nSPS) is 11.1. The van der Waals surface area contributed by atoms with Crippen molar-refractivity contribution in [2.24, 2.45) is 5.41 Å². The molecule has 5 nitrogen and oxygen atoms in total. The summed E-state index contributed by atoms with van der Waals surface area (Å²) in [7, 11) is 1.81. The first-order valence-electron chi connectivity index (χ1n) is 7.25. The molecule has 0 aliphatic rings. The predicted octanol–water partition coefficient (Wildman–Crippen LogP) is 2.66. The lowest BCUT2D eigenvalue weighted by Crippen LogP contribution is -2.30. The summed E-state index contributed by atoms with van der Waals surface area (Å²) >= 11 is 6.06. The number of halogens is 1. The maximum atomic E-state index is 12.1. The minimum Gasteiger partial charge on any atom is -0.351 e. The number of carbonyl (C=O) groups is 2. The zero-order valence-corrected chi connectivity index (χ0v) is 14.3. The van der Waals surface area contributed by atoms with Gasteiger partial charge in [0.1, 0.15) is 0 Å². The number of amides is 2. The van der Waals surface area contributed by atoms with Crippen LogP contribution in [0.3, 0.4) is 0 Å². The van der Waals surface area contributed by atoms with Crippen molar-refractivity contribution in [2.45, 2.75) is 27.2 Å². The van der Waals surface area contributed by atoms with Crippen LogP contribution in [0.4, 0.5) is 5.69 Å². The van der Waals surface area contributed by atoms with Crippen LogP contribution in [0.5, 0.6) is 0 Å². The molecule has 0 aromatic heterocycles. The van der Waals surface area contributed by atoms with Crippen LogP contribution in [-0.4, -0.2) is 32.0 Å². The SMILES string of the molecule is CNCCNC(=O)c1cc(NC(=O)CC(C)(C)C)ccc1Cl. The van der Waals surface area contributed by atoms with Gasteiger partial charge in [-0.2, -0.15) is 0 Å². The minimum atomic E-state index is -0.257. The summed E-state index contributed by atoms with van der Waals surface area (Å²) in [6.45, 7) is 7.16. The molecular weight excluding hydrogens is 302 g/mol. The molecule has 1 aromatic rings. The van der Waals surface area contributed by atoms with Gasteiger partial charge in [-0.1, -0.05) is 32.4 Å². The predicted molar refractivity (Wildman–Crippen MR) is 90.4 cm³/mol. The van der Waals surface area contributed by atoms with E-state index in [0.29, 0.717) is 35.8 Å². The Balaban J connectivity index is 2.77. The van der Waals surface area contributed by atoms with Gasteiger partial charge in [-0.15, -0.1) is 0 Å². The number of nitrogens with one attached hydrogen (secondary N) is 3. The largest absolute Gasteiger partial charge is 0.351 e. The van der Waals surface area contributed by atoms with Crippen molar-refractivity contribution in [3.05, 3.63) is 28.8 Å². The fourth-order valence-electron chi connectivity index (χ4n) is 1.86. The smallest absolute Gasteiger partial charge is 0.252 e. The van der Waals surface area contributed by atoms with E-state index in [9.17, 15) is 9.59 Å². The van der Waals surface area contributed by atoms with Crippen molar-refractivity contribution < 1.29 is 9.59 Å². The van der Waals surface area contributed by atoms with Gasteiger partial charge >= 0.3 is 0 Å². The third kappa shape index (κ3) is 6.45. The van der Waals surface area contributed by atoms with Crippen molar-refractivity contribution in [1.29, 1.82) is 0 Å². The number of hydrogen-bond donors (Lipinski definition) is 3. The minimum absolute atomic E-state index is 0.0867. The van der Waals surface area contributed by atoms with Gasteiger partial charge in [0.2, 0.25) is 5.91 Å². The van der Waals surface area contributed by atoms with E-state index < -0.39 is 0 Å². The molecule has 0 spiro atoms. The number of hydrogen-bond acceptors (Lipinski definition) is 3. The number of anilines is 1.